The van der Waals surface area contributed by atoms with Gasteiger partial charge in [-0.2, -0.15) is 0 Å². The van der Waals surface area contributed by atoms with Crippen LogP contribution in [-0.2, 0) is 11.3 Å². The van der Waals surface area contributed by atoms with Gasteiger partial charge in [-0.15, -0.1) is 0 Å². The zero-order valence-corrected chi connectivity index (χ0v) is 18.5. The highest BCUT2D eigenvalue weighted by Crippen LogP contribution is 2.27. The molecule has 3 aromatic rings. The first-order valence-corrected chi connectivity index (χ1v) is 10.9. The van der Waals surface area contributed by atoms with Crippen LogP contribution in [0.4, 0.5) is 10.1 Å². The summed E-state index contributed by atoms with van der Waals surface area (Å²) in [4.78, 5) is 17.5. The largest absolute Gasteiger partial charge is 0.383 e. The molecule has 1 aromatic heterocycles. The van der Waals surface area contributed by atoms with Gasteiger partial charge in [-0.05, 0) is 68.3 Å². The molecule has 1 aliphatic heterocycles. The van der Waals surface area contributed by atoms with Gasteiger partial charge in [0.05, 0.1) is 6.61 Å². The fourth-order valence-corrected chi connectivity index (χ4v) is 4.47. The second-order valence-corrected chi connectivity index (χ2v) is 8.20. The Hall–Kier alpha value is -2.86. The summed E-state index contributed by atoms with van der Waals surface area (Å²) >= 11 is 0. The summed E-state index contributed by atoms with van der Waals surface area (Å²) in [7, 11) is 1.71. The number of nitrogens with zero attached hydrogens (tertiary/aromatic N) is 3. The van der Waals surface area contributed by atoms with Crippen molar-refractivity contribution >= 4 is 22.5 Å². The number of benzene rings is 2. The molecule has 2 heterocycles. The van der Waals surface area contributed by atoms with E-state index in [1.165, 1.54) is 23.4 Å². The number of rotatable bonds is 5. The number of aromatic nitrogens is 1. The number of hydrogen-bond donors (Lipinski definition) is 0. The van der Waals surface area contributed by atoms with Gasteiger partial charge < -0.3 is 19.1 Å². The third-order valence-electron chi connectivity index (χ3n) is 6.38. The van der Waals surface area contributed by atoms with Gasteiger partial charge in [-0.25, -0.2) is 4.39 Å². The lowest BCUT2D eigenvalue weighted by Gasteiger charge is -2.24. The summed E-state index contributed by atoms with van der Waals surface area (Å²) in [5.41, 5.74) is 5.29. The highest BCUT2D eigenvalue weighted by molar-refractivity contribution is 5.99. The normalized spacial score (nSPS) is 14.8. The average Bonchev–Trinajstić information content (AvgIpc) is 2.95. The smallest absolute Gasteiger partial charge is 0.253 e. The molecule has 6 heteroatoms. The molecular weight excluding hydrogens is 393 g/mol. The highest BCUT2D eigenvalue weighted by atomic mass is 19.1. The van der Waals surface area contributed by atoms with Crippen LogP contribution in [-0.4, -0.2) is 55.3 Å². The van der Waals surface area contributed by atoms with Crippen LogP contribution in [0.5, 0.6) is 0 Å². The van der Waals surface area contributed by atoms with Crippen molar-refractivity contribution in [2.75, 3.05) is 44.8 Å². The number of hydrogen-bond acceptors (Lipinski definition) is 3. The Balaban J connectivity index is 1.52. The molecule has 0 saturated carbocycles. The SMILES string of the molecule is COCCn1c(C)c(C)c2cc(C(=O)N3CCCN(c4ccc(F)cc4)CC3)ccc21. The fraction of sp³-hybridized carbons (Fsp3) is 0.400. The standard InChI is InChI=1S/C25H30FN3O2/c1-18-19(2)29(15-16-31-3)24-10-5-20(17-23(18)24)25(30)28-12-4-11-27(13-14-28)22-8-6-21(26)7-9-22/h5-10,17H,4,11-16H2,1-3H3. The maximum absolute atomic E-state index is 13.3. The molecule has 0 unspecified atom stereocenters. The topological polar surface area (TPSA) is 37.7 Å². The van der Waals surface area contributed by atoms with Crippen molar-refractivity contribution in [3.8, 4) is 0 Å². The Morgan fingerprint density at radius 2 is 1.81 bits per heavy atom. The summed E-state index contributed by atoms with van der Waals surface area (Å²) in [6.07, 6.45) is 0.886. The number of fused-ring (bicyclic) bond motifs is 1. The van der Waals surface area contributed by atoms with Gasteiger partial charge in [-0.1, -0.05) is 0 Å². The number of ether oxygens (including phenoxy) is 1. The first-order valence-electron chi connectivity index (χ1n) is 10.9. The van der Waals surface area contributed by atoms with E-state index in [1.807, 2.05) is 17.0 Å². The fourth-order valence-electron chi connectivity index (χ4n) is 4.47. The average molecular weight is 424 g/mol. The van der Waals surface area contributed by atoms with Gasteiger partial charge in [0.2, 0.25) is 0 Å². The lowest BCUT2D eigenvalue weighted by atomic mass is 10.1. The summed E-state index contributed by atoms with van der Waals surface area (Å²) in [6.45, 7) is 8.66. The van der Waals surface area contributed by atoms with Crippen LogP contribution in [0, 0.1) is 19.7 Å². The van der Waals surface area contributed by atoms with E-state index in [-0.39, 0.29) is 11.7 Å². The van der Waals surface area contributed by atoms with Crippen LogP contribution in [0.15, 0.2) is 42.5 Å². The van der Waals surface area contributed by atoms with E-state index in [0.717, 1.165) is 54.8 Å². The first-order chi connectivity index (χ1) is 15.0. The van der Waals surface area contributed by atoms with Gasteiger partial charge >= 0.3 is 0 Å². The molecule has 5 nitrogen and oxygen atoms in total. The van der Waals surface area contributed by atoms with Gasteiger partial charge in [0, 0.05) is 67.7 Å². The van der Waals surface area contributed by atoms with Crippen molar-refractivity contribution in [3.05, 3.63) is 65.1 Å². The van der Waals surface area contributed by atoms with Crippen LogP contribution in [0.3, 0.4) is 0 Å². The molecule has 1 amide bonds. The number of halogens is 1. The summed E-state index contributed by atoms with van der Waals surface area (Å²) in [5, 5.41) is 1.13. The number of carbonyl (C=O) groups excluding carboxylic acids is 1. The molecule has 0 radical (unpaired) electrons. The molecule has 31 heavy (non-hydrogen) atoms. The maximum atomic E-state index is 13.3. The second-order valence-electron chi connectivity index (χ2n) is 8.20. The van der Waals surface area contributed by atoms with Crippen LogP contribution >= 0.6 is 0 Å². The zero-order chi connectivity index (χ0) is 22.0. The Bertz CT molecular complexity index is 1070. The summed E-state index contributed by atoms with van der Waals surface area (Å²) < 4.78 is 20.8. The van der Waals surface area contributed by atoms with E-state index in [1.54, 1.807) is 19.2 Å². The maximum Gasteiger partial charge on any atom is 0.253 e. The molecule has 1 aliphatic rings. The van der Waals surface area contributed by atoms with E-state index in [0.29, 0.717) is 13.2 Å². The van der Waals surface area contributed by atoms with Crippen molar-refractivity contribution in [1.29, 1.82) is 0 Å². The molecule has 0 bridgehead atoms. The molecule has 0 aliphatic carbocycles. The molecule has 2 aromatic carbocycles. The Kier molecular flexibility index (Phi) is 6.28. The second kappa shape index (κ2) is 9.10. The first kappa shape index (κ1) is 21.4. The molecule has 0 spiro atoms. The van der Waals surface area contributed by atoms with Crippen LogP contribution in [0.2, 0.25) is 0 Å². The molecule has 164 valence electrons. The minimum Gasteiger partial charge on any atom is -0.383 e. The molecule has 4 rings (SSSR count). The van der Waals surface area contributed by atoms with Crippen molar-refractivity contribution in [1.82, 2.24) is 9.47 Å². The van der Waals surface area contributed by atoms with Crippen LogP contribution in [0.1, 0.15) is 28.0 Å². The van der Waals surface area contributed by atoms with E-state index < -0.39 is 0 Å². The van der Waals surface area contributed by atoms with Crippen molar-refractivity contribution < 1.29 is 13.9 Å². The third kappa shape index (κ3) is 4.30. The zero-order valence-electron chi connectivity index (χ0n) is 18.5. The van der Waals surface area contributed by atoms with Gasteiger partial charge in [-0.3, -0.25) is 4.79 Å². The van der Waals surface area contributed by atoms with E-state index in [2.05, 4.69) is 29.4 Å². The summed E-state index contributed by atoms with van der Waals surface area (Å²) in [5.74, 6) is -0.156. The third-order valence-corrected chi connectivity index (χ3v) is 6.38. The molecule has 0 N–H and O–H groups in total. The molecule has 1 fully saturated rings. The molecule has 0 atom stereocenters. The molecule has 1 saturated heterocycles. The quantitative estimate of drug-likeness (QED) is 0.611. The molecular formula is C25H30FN3O2. The minimum absolute atomic E-state index is 0.0737. The van der Waals surface area contributed by atoms with Gasteiger partial charge in [0.15, 0.2) is 0 Å². The van der Waals surface area contributed by atoms with Crippen molar-refractivity contribution in [2.45, 2.75) is 26.8 Å². The Labute approximate surface area is 183 Å². The lowest BCUT2D eigenvalue weighted by molar-refractivity contribution is 0.0767. The number of methoxy groups -OCH3 is 1. The highest BCUT2D eigenvalue weighted by Gasteiger charge is 2.22. The number of amides is 1. The minimum atomic E-state index is -0.229. The van der Waals surface area contributed by atoms with Crippen molar-refractivity contribution in [2.24, 2.45) is 0 Å². The number of carbonyl (C=O) groups is 1. The lowest BCUT2D eigenvalue weighted by Crippen LogP contribution is -2.35. The Morgan fingerprint density at radius 1 is 1.03 bits per heavy atom. The summed E-state index contributed by atoms with van der Waals surface area (Å²) in [6, 6.07) is 12.6. The van der Waals surface area contributed by atoms with E-state index in [4.69, 9.17) is 4.74 Å². The van der Waals surface area contributed by atoms with Crippen molar-refractivity contribution in [3.63, 3.8) is 0 Å². The number of anilines is 1. The van der Waals surface area contributed by atoms with Crippen LogP contribution < -0.4 is 4.90 Å². The van der Waals surface area contributed by atoms with Gasteiger partial charge in [0.25, 0.3) is 5.91 Å². The van der Waals surface area contributed by atoms with Gasteiger partial charge in [0.1, 0.15) is 5.82 Å². The monoisotopic (exact) mass is 423 g/mol. The number of aryl methyl sites for hydroxylation is 1. The van der Waals surface area contributed by atoms with Crippen LogP contribution in [0.25, 0.3) is 10.9 Å². The van der Waals surface area contributed by atoms with E-state index in [9.17, 15) is 9.18 Å². The predicted octanol–water partition coefficient (Wildman–Crippen LogP) is 4.40. The predicted molar refractivity (Wildman–Crippen MR) is 122 cm³/mol. The van der Waals surface area contributed by atoms with E-state index >= 15 is 0 Å². The Morgan fingerprint density at radius 3 is 2.55 bits per heavy atom.